The van der Waals surface area contributed by atoms with Gasteiger partial charge in [-0.2, -0.15) is 4.72 Å². The van der Waals surface area contributed by atoms with Crippen molar-refractivity contribution in [1.29, 1.82) is 0 Å². The van der Waals surface area contributed by atoms with Gasteiger partial charge in [0, 0.05) is 0 Å². The number of nitrogens with one attached hydrogen (secondary N) is 1. The first-order valence-electron chi connectivity index (χ1n) is 5.64. The van der Waals surface area contributed by atoms with E-state index in [1.165, 1.54) is 0 Å². The monoisotopic (exact) mass is 265 g/mol. The summed E-state index contributed by atoms with van der Waals surface area (Å²) in [6.07, 6.45) is 1.40. The minimum Gasteiger partial charge on any atom is -0.480 e. The molecule has 0 bridgehead atoms. The quantitative estimate of drug-likeness (QED) is 0.692. The Kier molecular flexibility index (Phi) is 4.51. The zero-order valence-corrected chi connectivity index (χ0v) is 10.9. The van der Waals surface area contributed by atoms with Crippen molar-refractivity contribution < 1.29 is 23.1 Å². The number of sulfonamides is 1. The molecule has 2 N–H and O–H groups in total. The Hall–Kier alpha value is -0.660. The number of rotatable bonds is 7. The minimum atomic E-state index is -3.60. The molecule has 1 saturated carbocycles. The Morgan fingerprint density at radius 2 is 2.06 bits per heavy atom. The molecule has 0 radical (unpaired) electrons. The summed E-state index contributed by atoms with van der Waals surface area (Å²) in [5, 5.41) is 9.00. The van der Waals surface area contributed by atoms with Crippen LogP contribution >= 0.6 is 0 Å². The molecule has 100 valence electrons. The zero-order chi connectivity index (χ0) is 13.1. The Labute approximate surface area is 101 Å². The summed E-state index contributed by atoms with van der Waals surface area (Å²) in [6.45, 7) is 3.69. The normalized spacial score (nSPS) is 19.0. The molecule has 1 rings (SSSR count). The van der Waals surface area contributed by atoms with E-state index >= 15 is 0 Å². The number of carboxylic acid groups (broad SMARTS) is 1. The van der Waals surface area contributed by atoms with Crippen molar-refractivity contribution in [3.8, 4) is 0 Å². The summed E-state index contributed by atoms with van der Waals surface area (Å²) >= 11 is 0. The first-order chi connectivity index (χ1) is 7.77. The zero-order valence-electron chi connectivity index (χ0n) is 10.1. The van der Waals surface area contributed by atoms with E-state index in [0.717, 1.165) is 6.42 Å². The summed E-state index contributed by atoms with van der Waals surface area (Å²) < 4.78 is 30.8. The summed E-state index contributed by atoms with van der Waals surface area (Å²) in [4.78, 5) is 11.0. The van der Waals surface area contributed by atoms with Gasteiger partial charge >= 0.3 is 5.97 Å². The minimum absolute atomic E-state index is 0.0395. The van der Waals surface area contributed by atoms with E-state index in [0.29, 0.717) is 12.8 Å². The summed E-state index contributed by atoms with van der Waals surface area (Å²) in [5.41, 5.74) is -1.28. The van der Waals surface area contributed by atoms with E-state index in [1.54, 1.807) is 0 Å². The topological polar surface area (TPSA) is 92.7 Å². The standard InChI is InChI=1S/C10H19NO5S/c1-8(2)16-6-7-17(14,15)11-10(9(12)13)4-3-5-10/h8,11H,3-7H2,1-2H3,(H,12,13). The van der Waals surface area contributed by atoms with Gasteiger partial charge in [0.05, 0.1) is 18.5 Å². The molecule has 0 atom stereocenters. The van der Waals surface area contributed by atoms with Crippen molar-refractivity contribution in [2.75, 3.05) is 12.4 Å². The van der Waals surface area contributed by atoms with Crippen molar-refractivity contribution in [2.45, 2.75) is 44.8 Å². The van der Waals surface area contributed by atoms with Crippen LogP contribution < -0.4 is 4.72 Å². The lowest BCUT2D eigenvalue weighted by molar-refractivity contribution is -0.147. The summed E-state index contributed by atoms with van der Waals surface area (Å²) in [6, 6.07) is 0. The van der Waals surface area contributed by atoms with Gasteiger partial charge in [-0.1, -0.05) is 0 Å². The van der Waals surface area contributed by atoms with E-state index in [2.05, 4.69) is 4.72 Å². The van der Waals surface area contributed by atoms with E-state index < -0.39 is 21.5 Å². The maximum Gasteiger partial charge on any atom is 0.324 e. The first kappa shape index (κ1) is 14.4. The van der Waals surface area contributed by atoms with Gasteiger partial charge in [0.15, 0.2) is 0 Å². The Balaban J connectivity index is 2.51. The van der Waals surface area contributed by atoms with Gasteiger partial charge in [-0.15, -0.1) is 0 Å². The molecule has 0 aromatic carbocycles. The van der Waals surface area contributed by atoms with Gasteiger partial charge < -0.3 is 9.84 Å². The molecule has 0 aromatic heterocycles. The van der Waals surface area contributed by atoms with Crippen molar-refractivity contribution in [1.82, 2.24) is 4.72 Å². The third-order valence-electron chi connectivity index (χ3n) is 2.77. The van der Waals surface area contributed by atoms with Gasteiger partial charge in [0.1, 0.15) is 5.54 Å². The van der Waals surface area contributed by atoms with Crippen LogP contribution in [-0.4, -0.2) is 43.5 Å². The van der Waals surface area contributed by atoms with Gasteiger partial charge in [-0.3, -0.25) is 4.79 Å². The van der Waals surface area contributed by atoms with Crippen LogP contribution in [0.4, 0.5) is 0 Å². The Morgan fingerprint density at radius 1 is 1.47 bits per heavy atom. The van der Waals surface area contributed by atoms with E-state index in [1.807, 2.05) is 13.8 Å². The van der Waals surface area contributed by atoms with Gasteiger partial charge in [0.25, 0.3) is 0 Å². The van der Waals surface area contributed by atoms with Crippen LogP contribution in [0.1, 0.15) is 33.1 Å². The molecule has 1 aliphatic rings. The highest BCUT2D eigenvalue weighted by Gasteiger charge is 2.47. The molecule has 0 aromatic rings. The fourth-order valence-corrected chi connectivity index (χ4v) is 2.94. The van der Waals surface area contributed by atoms with Gasteiger partial charge in [0.2, 0.25) is 10.0 Å². The van der Waals surface area contributed by atoms with Crippen LogP contribution in [0.5, 0.6) is 0 Å². The number of ether oxygens (including phenoxy) is 1. The van der Waals surface area contributed by atoms with Crippen LogP contribution in [0, 0.1) is 0 Å². The smallest absolute Gasteiger partial charge is 0.324 e. The highest BCUT2D eigenvalue weighted by atomic mass is 32.2. The maximum absolute atomic E-state index is 11.7. The van der Waals surface area contributed by atoms with Crippen molar-refractivity contribution in [2.24, 2.45) is 0 Å². The summed E-state index contributed by atoms with van der Waals surface area (Å²) in [7, 11) is -3.60. The molecule has 0 aliphatic heterocycles. The molecule has 0 saturated heterocycles. The molecule has 1 fully saturated rings. The lowest BCUT2D eigenvalue weighted by Gasteiger charge is -2.37. The van der Waals surface area contributed by atoms with E-state index in [4.69, 9.17) is 9.84 Å². The number of carbonyl (C=O) groups is 1. The average Bonchev–Trinajstić information content (AvgIpc) is 2.09. The number of hydrogen-bond acceptors (Lipinski definition) is 4. The Bertz CT molecular complexity index is 372. The molecular weight excluding hydrogens is 246 g/mol. The molecule has 0 heterocycles. The van der Waals surface area contributed by atoms with Crippen molar-refractivity contribution in [3.05, 3.63) is 0 Å². The van der Waals surface area contributed by atoms with Gasteiger partial charge in [-0.05, 0) is 33.1 Å². The van der Waals surface area contributed by atoms with Crippen LogP contribution in [0.3, 0.4) is 0 Å². The number of carboxylic acids is 1. The van der Waals surface area contributed by atoms with Crippen LogP contribution in [0.15, 0.2) is 0 Å². The second kappa shape index (κ2) is 5.32. The van der Waals surface area contributed by atoms with Crippen LogP contribution in [0.2, 0.25) is 0 Å². The molecule has 0 spiro atoms. The average molecular weight is 265 g/mol. The third kappa shape index (κ3) is 3.93. The lowest BCUT2D eigenvalue weighted by Crippen LogP contribution is -2.59. The molecular formula is C10H19NO5S. The molecule has 17 heavy (non-hydrogen) atoms. The lowest BCUT2D eigenvalue weighted by atomic mass is 9.78. The largest absolute Gasteiger partial charge is 0.480 e. The van der Waals surface area contributed by atoms with Gasteiger partial charge in [-0.25, -0.2) is 8.42 Å². The number of aliphatic carboxylic acids is 1. The predicted molar refractivity (Wildman–Crippen MR) is 62.2 cm³/mol. The first-order valence-corrected chi connectivity index (χ1v) is 7.29. The molecule has 1 aliphatic carbocycles. The van der Waals surface area contributed by atoms with E-state index in [-0.39, 0.29) is 18.5 Å². The van der Waals surface area contributed by atoms with Crippen molar-refractivity contribution >= 4 is 16.0 Å². The SMILES string of the molecule is CC(C)OCCS(=O)(=O)NC1(C(=O)O)CCC1. The maximum atomic E-state index is 11.7. The van der Waals surface area contributed by atoms with Crippen LogP contribution in [-0.2, 0) is 19.6 Å². The summed E-state index contributed by atoms with van der Waals surface area (Å²) in [5.74, 6) is -1.31. The second-order valence-corrected chi connectivity index (χ2v) is 6.42. The predicted octanol–water partition coefficient (Wildman–Crippen LogP) is 0.338. The molecule has 7 heteroatoms. The fraction of sp³-hybridized carbons (Fsp3) is 0.900. The van der Waals surface area contributed by atoms with E-state index in [9.17, 15) is 13.2 Å². The second-order valence-electron chi connectivity index (χ2n) is 4.58. The Morgan fingerprint density at radius 3 is 2.41 bits per heavy atom. The number of hydrogen-bond donors (Lipinski definition) is 2. The van der Waals surface area contributed by atoms with Crippen LogP contribution in [0.25, 0.3) is 0 Å². The third-order valence-corrected chi connectivity index (χ3v) is 4.18. The van der Waals surface area contributed by atoms with Crippen molar-refractivity contribution in [3.63, 3.8) is 0 Å². The fourth-order valence-electron chi connectivity index (χ4n) is 1.63. The molecule has 0 unspecified atom stereocenters. The molecule has 6 nitrogen and oxygen atoms in total. The highest BCUT2D eigenvalue weighted by molar-refractivity contribution is 7.89. The molecule has 0 amide bonds. The highest BCUT2D eigenvalue weighted by Crippen LogP contribution is 2.32.